The highest BCUT2D eigenvalue weighted by Crippen LogP contribution is 2.29. The van der Waals surface area contributed by atoms with E-state index in [4.69, 9.17) is 0 Å². The third-order valence-electron chi connectivity index (χ3n) is 5.73. The molecule has 1 aromatic carbocycles. The highest BCUT2D eigenvalue weighted by atomic mass is 16.5. The van der Waals surface area contributed by atoms with Gasteiger partial charge < -0.3 is 15.0 Å². The number of aromatic nitrogens is 2. The quantitative estimate of drug-likeness (QED) is 0.633. The SMILES string of the molecule is CN(C)CCCN1CCN(c2cccc(-c3cc(=O)n(O)c4ncccc34)c2)CC1. The molecule has 0 amide bonds. The number of anilines is 1. The first-order valence-electron chi connectivity index (χ1n) is 10.5. The van der Waals surface area contributed by atoms with Crippen LogP contribution in [0.5, 0.6) is 0 Å². The van der Waals surface area contributed by atoms with Gasteiger partial charge in [0.15, 0.2) is 5.65 Å². The molecule has 0 spiro atoms. The number of rotatable bonds is 6. The minimum absolute atomic E-state index is 0.275. The molecule has 1 aliphatic heterocycles. The smallest absolute Gasteiger partial charge is 0.285 e. The molecule has 7 nitrogen and oxygen atoms in total. The van der Waals surface area contributed by atoms with E-state index in [9.17, 15) is 10.0 Å². The summed E-state index contributed by atoms with van der Waals surface area (Å²) >= 11 is 0. The molecular weight excluding hydrogens is 378 g/mol. The molecule has 0 unspecified atom stereocenters. The maximum atomic E-state index is 12.2. The Balaban J connectivity index is 1.53. The van der Waals surface area contributed by atoms with Crippen LogP contribution in [0, 0.1) is 0 Å². The fourth-order valence-electron chi connectivity index (χ4n) is 4.09. The van der Waals surface area contributed by atoms with Crippen LogP contribution in [-0.2, 0) is 0 Å². The predicted octanol–water partition coefficient (Wildman–Crippen LogP) is 2.37. The lowest BCUT2D eigenvalue weighted by Gasteiger charge is -2.36. The molecule has 158 valence electrons. The third-order valence-corrected chi connectivity index (χ3v) is 5.73. The summed E-state index contributed by atoms with van der Waals surface area (Å²) < 4.78 is 0.609. The van der Waals surface area contributed by atoms with Crippen molar-refractivity contribution in [3.05, 3.63) is 59.0 Å². The second kappa shape index (κ2) is 8.85. The maximum Gasteiger partial charge on any atom is 0.285 e. The molecule has 1 aliphatic rings. The fraction of sp³-hybridized carbons (Fsp3) is 0.391. The zero-order chi connectivity index (χ0) is 21.1. The lowest BCUT2D eigenvalue weighted by atomic mass is 10.0. The van der Waals surface area contributed by atoms with Crippen molar-refractivity contribution in [1.29, 1.82) is 0 Å². The van der Waals surface area contributed by atoms with Crippen molar-refractivity contribution in [2.24, 2.45) is 0 Å². The monoisotopic (exact) mass is 407 g/mol. The van der Waals surface area contributed by atoms with Gasteiger partial charge >= 0.3 is 0 Å². The van der Waals surface area contributed by atoms with Crippen LogP contribution in [0.2, 0.25) is 0 Å². The van der Waals surface area contributed by atoms with Crippen LogP contribution >= 0.6 is 0 Å². The summed E-state index contributed by atoms with van der Waals surface area (Å²) in [7, 11) is 4.24. The molecule has 7 heteroatoms. The standard InChI is InChI=1S/C23H29N5O2/c1-25(2)10-5-11-26-12-14-27(15-13-26)19-7-3-6-18(16-19)21-17-22(29)28(30)23-20(21)8-4-9-24-23/h3-4,6-9,16-17,30H,5,10-15H2,1-2H3. The third kappa shape index (κ3) is 4.32. The summed E-state index contributed by atoms with van der Waals surface area (Å²) in [6.45, 7) is 6.37. The summed E-state index contributed by atoms with van der Waals surface area (Å²) in [5.74, 6) is 0. The normalized spacial score (nSPS) is 15.2. The predicted molar refractivity (Wildman–Crippen MR) is 120 cm³/mol. The van der Waals surface area contributed by atoms with E-state index in [-0.39, 0.29) is 5.65 Å². The van der Waals surface area contributed by atoms with Gasteiger partial charge in [0.25, 0.3) is 5.56 Å². The zero-order valence-electron chi connectivity index (χ0n) is 17.7. The van der Waals surface area contributed by atoms with Gasteiger partial charge in [0, 0.05) is 49.5 Å². The Hall–Kier alpha value is -2.90. The van der Waals surface area contributed by atoms with Gasteiger partial charge in [-0.1, -0.05) is 12.1 Å². The highest BCUT2D eigenvalue weighted by molar-refractivity contribution is 5.93. The van der Waals surface area contributed by atoms with E-state index in [0.29, 0.717) is 4.73 Å². The van der Waals surface area contributed by atoms with Crippen molar-refractivity contribution in [2.75, 3.05) is 58.3 Å². The van der Waals surface area contributed by atoms with E-state index >= 15 is 0 Å². The van der Waals surface area contributed by atoms with Crippen LogP contribution in [-0.4, -0.2) is 78.1 Å². The van der Waals surface area contributed by atoms with Gasteiger partial charge in [0.1, 0.15) is 0 Å². The summed E-state index contributed by atoms with van der Waals surface area (Å²) in [6.07, 6.45) is 2.77. The molecule has 0 saturated carbocycles. The largest absolute Gasteiger partial charge is 0.423 e. The number of fused-ring (bicyclic) bond motifs is 1. The van der Waals surface area contributed by atoms with Crippen LogP contribution in [0.3, 0.4) is 0 Å². The molecule has 2 aromatic heterocycles. The molecule has 3 aromatic rings. The first-order valence-corrected chi connectivity index (χ1v) is 10.5. The molecule has 4 rings (SSSR count). The Kier molecular flexibility index (Phi) is 6.01. The Morgan fingerprint density at radius 3 is 2.63 bits per heavy atom. The van der Waals surface area contributed by atoms with Crippen LogP contribution in [0.1, 0.15) is 6.42 Å². The van der Waals surface area contributed by atoms with Gasteiger partial charge in [-0.2, -0.15) is 0 Å². The van der Waals surface area contributed by atoms with Crippen molar-refractivity contribution >= 4 is 16.7 Å². The Labute approximate surface area is 176 Å². The summed E-state index contributed by atoms with van der Waals surface area (Å²) in [5, 5.41) is 10.8. The summed E-state index contributed by atoms with van der Waals surface area (Å²) in [4.78, 5) is 23.6. The summed E-state index contributed by atoms with van der Waals surface area (Å²) in [5.41, 5.74) is 2.70. The molecule has 0 atom stereocenters. The van der Waals surface area contributed by atoms with E-state index in [0.717, 1.165) is 61.5 Å². The van der Waals surface area contributed by atoms with Crippen molar-refractivity contribution in [3.8, 4) is 11.1 Å². The molecule has 1 saturated heterocycles. The average Bonchev–Trinajstić information content (AvgIpc) is 2.76. The second-order valence-electron chi connectivity index (χ2n) is 8.12. The highest BCUT2D eigenvalue weighted by Gasteiger charge is 2.18. The molecular formula is C23H29N5O2. The first-order chi connectivity index (χ1) is 14.5. The van der Waals surface area contributed by atoms with Gasteiger partial charge in [0.2, 0.25) is 0 Å². The maximum absolute atomic E-state index is 12.2. The molecule has 3 heterocycles. The second-order valence-corrected chi connectivity index (χ2v) is 8.12. The van der Waals surface area contributed by atoms with Crippen LogP contribution in [0.15, 0.2) is 53.5 Å². The van der Waals surface area contributed by atoms with Gasteiger partial charge in [-0.05, 0) is 69.0 Å². The zero-order valence-corrected chi connectivity index (χ0v) is 17.7. The van der Waals surface area contributed by atoms with E-state index in [1.807, 2.05) is 24.3 Å². The lowest BCUT2D eigenvalue weighted by Crippen LogP contribution is -2.46. The number of hydrogen-bond donors (Lipinski definition) is 1. The van der Waals surface area contributed by atoms with Crippen LogP contribution in [0.4, 0.5) is 5.69 Å². The van der Waals surface area contributed by atoms with Gasteiger partial charge in [-0.3, -0.25) is 9.69 Å². The van der Waals surface area contributed by atoms with E-state index in [1.54, 1.807) is 6.20 Å². The Bertz CT molecular complexity index is 1070. The molecule has 1 N–H and O–H groups in total. The van der Waals surface area contributed by atoms with Crippen LogP contribution in [0.25, 0.3) is 22.2 Å². The number of piperazine rings is 1. The Morgan fingerprint density at radius 2 is 1.87 bits per heavy atom. The van der Waals surface area contributed by atoms with Crippen molar-refractivity contribution < 1.29 is 5.21 Å². The van der Waals surface area contributed by atoms with Gasteiger partial charge in [-0.15, -0.1) is 4.73 Å². The molecule has 0 aliphatic carbocycles. The van der Waals surface area contributed by atoms with E-state index in [1.165, 1.54) is 12.5 Å². The number of pyridine rings is 2. The van der Waals surface area contributed by atoms with E-state index < -0.39 is 5.56 Å². The minimum Gasteiger partial charge on any atom is -0.423 e. The van der Waals surface area contributed by atoms with Crippen molar-refractivity contribution in [1.82, 2.24) is 19.5 Å². The molecule has 1 fully saturated rings. The van der Waals surface area contributed by atoms with E-state index in [2.05, 4.69) is 45.9 Å². The molecule has 30 heavy (non-hydrogen) atoms. The van der Waals surface area contributed by atoms with Crippen LogP contribution < -0.4 is 10.5 Å². The Morgan fingerprint density at radius 1 is 1.07 bits per heavy atom. The molecule has 0 radical (unpaired) electrons. The topological polar surface area (TPSA) is 64.8 Å². The van der Waals surface area contributed by atoms with Crippen molar-refractivity contribution in [3.63, 3.8) is 0 Å². The lowest BCUT2D eigenvalue weighted by molar-refractivity contribution is 0.187. The summed E-state index contributed by atoms with van der Waals surface area (Å²) in [6, 6.07) is 13.5. The fourth-order valence-corrected chi connectivity index (χ4v) is 4.09. The first kappa shape index (κ1) is 20.4. The van der Waals surface area contributed by atoms with Gasteiger partial charge in [0.05, 0.1) is 0 Å². The molecule has 0 bridgehead atoms. The van der Waals surface area contributed by atoms with Crippen molar-refractivity contribution in [2.45, 2.75) is 6.42 Å². The minimum atomic E-state index is -0.479. The number of nitrogens with zero attached hydrogens (tertiary/aromatic N) is 5. The van der Waals surface area contributed by atoms with Gasteiger partial charge in [-0.25, -0.2) is 4.98 Å². The number of benzene rings is 1. The average molecular weight is 408 g/mol. The number of hydrogen-bond acceptors (Lipinski definition) is 6.